The van der Waals surface area contributed by atoms with E-state index in [4.69, 9.17) is 0 Å². The molecule has 0 fully saturated rings. The first-order chi connectivity index (χ1) is 8.08. The van der Waals surface area contributed by atoms with E-state index in [1.807, 2.05) is 33.8 Å². The number of halogens is 1. The Hall–Kier alpha value is -1.71. The Labute approximate surface area is 101 Å². The Kier molecular flexibility index (Phi) is 4.37. The van der Waals surface area contributed by atoms with Gasteiger partial charge in [-0.15, -0.1) is 0 Å². The minimum atomic E-state index is -0.215. The fourth-order valence-corrected chi connectivity index (χ4v) is 1.42. The molecule has 0 saturated carbocycles. The van der Waals surface area contributed by atoms with Gasteiger partial charge in [-0.3, -0.25) is 5.10 Å². The molecule has 1 aromatic carbocycles. The number of hydrogen-bond acceptors (Lipinski definition) is 2. The Morgan fingerprint density at radius 2 is 1.76 bits per heavy atom. The van der Waals surface area contributed by atoms with Gasteiger partial charge in [0, 0.05) is 5.56 Å². The molecule has 2 rings (SSSR count). The molecule has 0 aliphatic rings. The van der Waals surface area contributed by atoms with Gasteiger partial charge in [0.1, 0.15) is 11.6 Å². The van der Waals surface area contributed by atoms with Gasteiger partial charge in [0.05, 0.1) is 0 Å². The second-order valence-electron chi connectivity index (χ2n) is 3.64. The zero-order valence-electron chi connectivity index (χ0n) is 10.9. The van der Waals surface area contributed by atoms with E-state index in [0.717, 1.165) is 11.4 Å². The largest absolute Gasteiger partial charge is 0.263 e. The van der Waals surface area contributed by atoms with Crippen LogP contribution in [0.25, 0.3) is 11.4 Å². The van der Waals surface area contributed by atoms with Crippen LogP contribution in [0.3, 0.4) is 0 Å². The maximum Gasteiger partial charge on any atom is 0.181 e. The molecule has 0 bridgehead atoms. The lowest BCUT2D eigenvalue weighted by Crippen LogP contribution is -1.90. The summed E-state index contributed by atoms with van der Waals surface area (Å²) in [7, 11) is 0. The van der Waals surface area contributed by atoms with Gasteiger partial charge in [-0.1, -0.05) is 13.8 Å². The SMILES string of the molecule is CC.Cc1nc(-c2cc(C)c(C)c(F)c2)n[nH]1. The fraction of sp³-hybridized carbons (Fsp3) is 0.385. The maximum atomic E-state index is 13.5. The second-order valence-corrected chi connectivity index (χ2v) is 3.64. The minimum Gasteiger partial charge on any atom is -0.263 e. The van der Waals surface area contributed by atoms with E-state index in [0.29, 0.717) is 17.0 Å². The lowest BCUT2D eigenvalue weighted by atomic mass is 10.1. The number of aromatic amines is 1. The molecule has 92 valence electrons. The predicted molar refractivity (Wildman–Crippen MR) is 67.3 cm³/mol. The van der Waals surface area contributed by atoms with Gasteiger partial charge in [0.25, 0.3) is 0 Å². The number of nitrogens with zero attached hydrogens (tertiary/aromatic N) is 2. The van der Waals surface area contributed by atoms with Crippen molar-refractivity contribution >= 4 is 0 Å². The molecule has 1 aromatic heterocycles. The van der Waals surface area contributed by atoms with Crippen LogP contribution in [0.1, 0.15) is 30.8 Å². The summed E-state index contributed by atoms with van der Waals surface area (Å²) >= 11 is 0. The molecule has 0 saturated heterocycles. The molecular formula is C13H18FN3. The van der Waals surface area contributed by atoms with Crippen molar-refractivity contribution in [1.82, 2.24) is 15.2 Å². The van der Waals surface area contributed by atoms with Gasteiger partial charge in [-0.25, -0.2) is 9.37 Å². The van der Waals surface area contributed by atoms with Gasteiger partial charge in [0.2, 0.25) is 0 Å². The Morgan fingerprint density at radius 3 is 2.24 bits per heavy atom. The first kappa shape index (κ1) is 13.4. The molecule has 0 aliphatic heterocycles. The van der Waals surface area contributed by atoms with Gasteiger partial charge in [-0.05, 0) is 44.0 Å². The molecule has 4 heteroatoms. The first-order valence-electron chi connectivity index (χ1n) is 5.74. The van der Waals surface area contributed by atoms with Crippen molar-refractivity contribution in [3.05, 3.63) is 34.9 Å². The first-order valence-corrected chi connectivity index (χ1v) is 5.74. The van der Waals surface area contributed by atoms with Crippen LogP contribution < -0.4 is 0 Å². The average molecular weight is 235 g/mol. The van der Waals surface area contributed by atoms with Crippen LogP contribution in [0.15, 0.2) is 12.1 Å². The van der Waals surface area contributed by atoms with Crippen LogP contribution in [0.4, 0.5) is 4.39 Å². The number of hydrogen-bond donors (Lipinski definition) is 1. The summed E-state index contributed by atoms with van der Waals surface area (Å²) in [5.41, 5.74) is 2.29. The van der Waals surface area contributed by atoms with Crippen LogP contribution >= 0.6 is 0 Å². The summed E-state index contributed by atoms with van der Waals surface area (Å²) < 4.78 is 13.5. The molecular weight excluding hydrogens is 217 g/mol. The van der Waals surface area contributed by atoms with Crippen LogP contribution in [-0.4, -0.2) is 15.2 Å². The van der Waals surface area contributed by atoms with Crippen molar-refractivity contribution in [2.24, 2.45) is 0 Å². The van der Waals surface area contributed by atoms with Crippen LogP contribution in [0.5, 0.6) is 0 Å². The zero-order valence-corrected chi connectivity index (χ0v) is 10.9. The van der Waals surface area contributed by atoms with Crippen LogP contribution in [0, 0.1) is 26.6 Å². The smallest absolute Gasteiger partial charge is 0.181 e. The van der Waals surface area contributed by atoms with E-state index in [2.05, 4.69) is 15.2 Å². The third-order valence-electron chi connectivity index (χ3n) is 2.46. The zero-order chi connectivity index (χ0) is 13.0. The number of benzene rings is 1. The Balaban J connectivity index is 0.000000686. The van der Waals surface area contributed by atoms with E-state index >= 15 is 0 Å². The van der Waals surface area contributed by atoms with Crippen molar-refractivity contribution < 1.29 is 4.39 Å². The van der Waals surface area contributed by atoms with Crippen molar-refractivity contribution in [3.63, 3.8) is 0 Å². The van der Waals surface area contributed by atoms with Gasteiger partial charge in [0.15, 0.2) is 5.82 Å². The summed E-state index contributed by atoms with van der Waals surface area (Å²) in [5, 5.41) is 6.73. The highest BCUT2D eigenvalue weighted by Gasteiger charge is 2.08. The number of nitrogens with one attached hydrogen (secondary N) is 1. The molecule has 1 heterocycles. The Morgan fingerprint density at radius 1 is 1.12 bits per heavy atom. The maximum absolute atomic E-state index is 13.5. The summed E-state index contributed by atoms with van der Waals surface area (Å²) in [6.45, 7) is 9.45. The molecule has 0 atom stereocenters. The molecule has 3 nitrogen and oxygen atoms in total. The van der Waals surface area contributed by atoms with Crippen molar-refractivity contribution in [1.29, 1.82) is 0 Å². The lowest BCUT2D eigenvalue weighted by Gasteiger charge is -2.03. The van der Waals surface area contributed by atoms with E-state index < -0.39 is 0 Å². The summed E-state index contributed by atoms with van der Waals surface area (Å²) in [6, 6.07) is 3.35. The van der Waals surface area contributed by atoms with Gasteiger partial charge in [-0.2, -0.15) is 5.10 Å². The summed E-state index contributed by atoms with van der Waals surface area (Å²) in [5.74, 6) is 1.05. The molecule has 0 radical (unpaired) electrons. The Bertz CT molecular complexity index is 480. The number of aromatic nitrogens is 3. The molecule has 17 heavy (non-hydrogen) atoms. The highest BCUT2D eigenvalue weighted by molar-refractivity contribution is 5.57. The quantitative estimate of drug-likeness (QED) is 0.821. The highest BCUT2D eigenvalue weighted by atomic mass is 19.1. The fourth-order valence-electron chi connectivity index (χ4n) is 1.42. The number of rotatable bonds is 1. The second kappa shape index (κ2) is 5.57. The molecule has 0 spiro atoms. The standard InChI is InChI=1S/C11H12FN3.C2H6/c1-6-4-9(5-10(12)7(6)2)11-13-8(3)14-15-11;1-2/h4-5H,1-3H3,(H,13,14,15);1-2H3. The summed E-state index contributed by atoms with van der Waals surface area (Å²) in [6.07, 6.45) is 0. The monoisotopic (exact) mass is 235 g/mol. The third kappa shape index (κ3) is 2.90. The lowest BCUT2D eigenvalue weighted by molar-refractivity contribution is 0.617. The molecule has 1 N–H and O–H groups in total. The van der Waals surface area contributed by atoms with E-state index in [1.165, 1.54) is 6.07 Å². The molecule has 0 amide bonds. The van der Waals surface area contributed by atoms with Crippen LogP contribution in [0.2, 0.25) is 0 Å². The van der Waals surface area contributed by atoms with E-state index in [-0.39, 0.29) is 5.82 Å². The van der Waals surface area contributed by atoms with Crippen LogP contribution in [-0.2, 0) is 0 Å². The summed E-state index contributed by atoms with van der Waals surface area (Å²) in [4.78, 5) is 4.16. The molecule has 0 aliphatic carbocycles. The average Bonchev–Trinajstić information content (AvgIpc) is 2.75. The normalized spacial score (nSPS) is 9.76. The topological polar surface area (TPSA) is 41.6 Å². The highest BCUT2D eigenvalue weighted by Crippen LogP contribution is 2.21. The predicted octanol–water partition coefficient (Wildman–Crippen LogP) is 3.56. The van der Waals surface area contributed by atoms with Crippen molar-refractivity contribution in [3.8, 4) is 11.4 Å². The number of aryl methyl sites for hydroxylation is 2. The number of H-pyrrole nitrogens is 1. The van der Waals surface area contributed by atoms with Crippen molar-refractivity contribution in [2.45, 2.75) is 34.6 Å². The van der Waals surface area contributed by atoms with E-state index in [9.17, 15) is 4.39 Å². The van der Waals surface area contributed by atoms with Gasteiger partial charge < -0.3 is 0 Å². The molecule has 2 aromatic rings. The molecule has 0 unspecified atom stereocenters. The van der Waals surface area contributed by atoms with E-state index in [1.54, 1.807) is 6.92 Å². The minimum absolute atomic E-state index is 0.215. The van der Waals surface area contributed by atoms with Gasteiger partial charge >= 0.3 is 0 Å². The third-order valence-corrected chi connectivity index (χ3v) is 2.46. The van der Waals surface area contributed by atoms with Crippen molar-refractivity contribution in [2.75, 3.05) is 0 Å².